The van der Waals surface area contributed by atoms with Gasteiger partial charge in [0.1, 0.15) is 12.0 Å². The number of aryl methyl sites for hydroxylation is 1. The van der Waals surface area contributed by atoms with Crippen molar-refractivity contribution in [1.82, 2.24) is 0 Å². The molecule has 22 heavy (non-hydrogen) atoms. The molecular formula is C18H19NO3. The van der Waals surface area contributed by atoms with Crippen molar-refractivity contribution in [2.45, 2.75) is 39.1 Å². The van der Waals surface area contributed by atoms with Crippen LogP contribution in [0.25, 0.3) is 0 Å². The van der Waals surface area contributed by atoms with Crippen molar-refractivity contribution in [1.29, 1.82) is 0 Å². The van der Waals surface area contributed by atoms with Crippen LogP contribution >= 0.6 is 0 Å². The molecule has 114 valence electrons. The van der Waals surface area contributed by atoms with Gasteiger partial charge in [-0.25, -0.2) is 4.79 Å². The van der Waals surface area contributed by atoms with Gasteiger partial charge in [0.2, 0.25) is 0 Å². The van der Waals surface area contributed by atoms with Gasteiger partial charge in [-0.3, -0.25) is 0 Å². The molecule has 0 aliphatic carbocycles. The van der Waals surface area contributed by atoms with Crippen LogP contribution in [0.2, 0.25) is 0 Å². The molecule has 0 N–H and O–H groups in total. The average molecular weight is 297 g/mol. The Kier molecular flexibility index (Phi) is 3.08. The molecule has 1 saturated heterocycles. The third-order valence-corrected chi connectivity index (χ3v) is 4.62. The molecule has 0 unspecified atom stereocenters. The van der Waals surface area contributed by atoms with Gasteiger partial charge in [0.25, 0.3) is 0 Å². The molecule has 2 aliphatic rings. The van der Waals surface area contributed by atoms with Crippen LogP contribution in [0.5, 0.6) is 0 Å². The lowest BCUT2D eigenvalue weighted by Gasteiger charge is -2.36. The van der Waals surface area contributed by atoms with E-state index in [0.717, 1.165) is 18.7 Å². The fraction of sp³-hybridized carbons (Fsp3) is 0.389. The molecule has 0 spiro atoms. The highest BCUT2D eigenvalue weighted by atomic mass is 16.5. The first-order valence-electron chi connectivity index (χ1n) is 7.74. The van der Waals surface area contributed by atoms with Crippen molar-refractivity contribution in [3.8, 4) is 0 Å². The summed E-state index contributed by atoms with van der Waals surface area (Å²) in [5.41, 5.74) is 2.61. The number of fused-ring (bicyclic) bond motifs is 4. The van der Waals surface area contributed by atoms with Gasteiger partial charge in [0, 0.05) is 12.6 Å². The van der Waals surface area contributed by atoms with Crippen LogP contribution in [0.1, 0.15) is 36.3 Å². The van der Waals surface area contributed by atoms with Crippen molar-refractivity contribution < 1.29 is 9.15 Å². The lowest BCUT2D eigenvalue weighted by Crippen LogP contribution is -2.39. The molecule has 2 aromatic rings. The number of hydrogen-bond donors (Lipinski definition) is 0. The van der Waals surface area contributed by atoms with E-state index < -0.39 is 0 Å². The number of anilines is 1. The van der Waals surface area contributed by atoms with Gasteiger partial charge < -0.3 is 14.1 Å². The third kappa shape index (κ3) is 2.06. The summed E-state index contributed by atoms with van der Waals surface area (Å²) in [7, 11) is 0. The predicted octanol–water partition coefficient (Wildman–Crippen LogP) is 3.39. The van der Waals surface area contributed by atoms with Crippen LogP contribution in [0.15, 0.2) is 45.6 Å². The second kappa shape index (κ2) is 4.99. The maximum atomic E-state index is 12.3. The minimum Gasteiger partial charge on any atom is -0.428 e. The highest BCUT2D eigenvalue weighted by Crippen LogP contribution is 2.47. The molecule has 4 nitrogen and oxygen atoms in total. The van der Waals surface area contributed by atoms with Crippen LogP contribution in [0.4, 0.5) is 5.69 Å². The van der Waals surface area contributed by atoms with E-state index in [0.29, 0.717) is 17.2 Å². The Hall–Kier alpha value is -2.07. The molecule has 0 amide bonds. The third-order valence-electron chi connectivity index (χ3n) is 4.62. The summed E-state index contributed by atoms with van der Waals surface area (Å²) in [5.74, 6) is 0.978. The normalized spacial score (nSPS) is 26.1. The summed E-state index contributed by atoms with van der Waals surface area (Å²) in [6.07, 6.45) is 0.836. The zero-order chi connectivity index (χ0) is 15.3. The lowest BCUT2D eigenvalue weighted by molar-refractivity contribution is 0.0199. The number of benzene rings is 1. The molecule has 4 rings (SSSR count). The molecule has 0 radical (unpaired) electrons. The topological polar surface area (TPSA) is 42.7 Å². The van der Waals surface area contributed by atoms with Crippen molar-refractivity contribution in [3.63, 3.8) is 0 Å². The quantitative estimate of drug-likeness (QED) is 0.852. The van der Waals surface area contributed by atoms with Gasteiger partial charge in [-0.15, -0.1) is 0 Å². The van der Waals surface area contributed by atoms with Gasteiger partial charge in [-0.1, -0.05) is 37.3 Å². The fourth-order valence-corrected chi connectivity index (χ4v) is 3.58. The first kappa shape index (κ1) is 13.6. The average Bonchev–Trinajstić information content (AvgIpc) is 2.82. The van der Waals surface area contributed by atoms with Crippen molar-refractivity contribution >= 4 is 5.69 Å². The van der Waals surface area contributed by atoms with Gasteiger partial charge in [0.15, 0.2) is 0 Å². The summed E-state index contributed by atoms with van der Waals surface area (Å²) >= 11 is 0. The Balaban J connectivity index is 1.82. The molecule has 2 aliphatic heterocycles. The van der Waals surface area contributed by atoms with E-state index in [-0.39, 0.29) is 18.0 Å². The van der Waals surface area contributed by atoms with Crippen LogP contribution in [0, 0.1) is 12.8 Å². The molecule has 1 fully saturated rings. The second-order valence-corrected chi connectivity index (χ2v) is 6.28. The highest BCUT2D eigenvalue weighted by molar-refractivity contribution is 5.57. The molecular weight excluding hydrogens is 278 g/mol. The van der Waals surface area contributed by atoms with Crippen LogP contribution in [-0.4, -0.2) is 6.23 Å². The van der Waals surface area contributed by atoms with Gasteiger partial charge in [-0.05, 0) is 24.8 Å². The molecule has 1 aromatic carbocycles. The van der Waals surface area contributed by atoms with E-state index in [1.807, 2.05) is 31.2 Å². The van der Waals surface area contributed by atoms with Gasteiger partial charge in [0.05, 0.1) is 17.4 Å². The number of nitrogens with zero attached hydrogens (tertiary/aromatic N) is 1. The van der Waals surface area contributed by atoms with Crippen LogP contribution in [0.3, 0.4) is 0 Å². The highest BCUT2D eigenvalue weighted by Gasteiger charge is 2.45. The summed E-state index contributed by atoms with van der Waals surface area (Å²) in [5, 5.41) is 0. The van der Waals surface area contributed by atoms with E-state index in [1.54, 1.807) is 0 Å². The Morgan fingerprint density at radius 1 is 1.27 bits per heavy atom. The summed E-state index contributed by atoms with van der Waals surface area (Å²) in [4.78, 5) is 14.5. The zero-order valence-electron chi connectivity index (χ0n) is 12.8. The molecule has 2 bridgehead atoms. The Labute approximate surface area is 129 Å². The SMILES string of the molecule is Cc1cc2c(c(=O)o1)[C@@H]1O[C@@H](C[C@H]1C)N2Cc1ccccc1. The molecule has 3 heterocycles. The maximum absolute atomic E-state index is 12.3. The van der Waals surface area contributed by atoms with Crippen LogP contribution < -0.4 is 10.5 Å². The first-order valence-corrected chi connectivity index (χ1v) is 7.74. The standard InChI is InChI=1S/C18H19NO3/c1-11-8-15-19(10-13-6-4-3-5-7-13)14-9-12(2)21-18(20)16(14)17(11)22-15/h3-7,9,11,15,17H,8,10H2,1-2H3/t11-,15+,17-/m1/s1. The fourth-order valence-electron chi connectivity index (χ4n) is 3.58. The van der Waals surface area contributed by atoms with Gasteiger partial charge >= 0.3 is 5.63 Å². The minimum atomic E-state index is -0.259. The number of rotatable bonds is 2. The summed E-state index contributed by atoms with van der Waals surface area (Å²) < 4.78 is 11.4. The summed E-state index contributed by atoms with van der Waals surface area (Å²) in [6, 6.07) is 12.2. The predicted molar refractivity (Wildman–Crippen MR) is 83.7 cm³/mol. The van der Waals surface area contributed by atoms with E-state index in [4.69, 9.17) is 9.15 Å². The van der Waals surface area contributed by atoms with Crippen molar-refractivity contribution in [3.05, 3.63) is 63.7 Å². The molecule has 4 heteroatoms. The second-order valence-electron chi connectivity index (χ2n) is 6.28. The van der Waals surface area contributed by atoms with E-state index in [1.165, 1.54) is 5.56 Å². The van der Waals surface area contributed by atoms with Crippen LogP contribution in [-0.2, 0) is 11.3 Å². The maximum Gasteiger partial charge on any atom is 0.343 e. The van der Waals surface area contributed by atoms with E-state index in [9.17, 15) is 4.79 Å². The first-order chi connectivity index (χ1) is 10.6. The summed E-state index contributed by atoms with van der Waals surface area (Å²) in [6.45, 7) is 4.70. The molecule has 1 aromatic heterocycles. The Bertz CT molecular complexity index is 753. The smallest absolute Gasteiger partial charge is 0.343 e. The number of hydrogen-bond acceptors (Lipinski definition) is 4. The zero-order valence-corrected chi connectivity index (χ0v) is 12.8. The molecule has 0 saturated carbocycles. The monoisotopic (exact) mass is 297 g/mol. The van der Waals surface area contributed by atoms with E-state index >= 15 is 0 Å². The van der Waals surface area contributed by atoms with E-state index in [2.05, 4.69) is 24.0 Å². The largest absolute Gasteiger partial charge is 0.428 e. The lowest BCUT2D eigenvalue weighted by atomic mass is 9.98. The minimum absolute atomic E-state index is 0.0360. The van der Waals surface area contributed by atoms with Gasteiger partial charge in [-0.2, -0.15) is 0 Å². The van der Waals surface area contributed by atoms with Crippen molar-refractivity contribution in [2.75, 3.05) is 4.90 Å². The number of ether oxygens (including phenoxy) is 1. The Morgan fingerprint density at radius 3 is 2.82 bits per heavy atom. The molecule has 3 atom stereocenters. The van der Waals surface area contributed by atoms with Crippen molar-refractivity contribution in [2.24, 2.45) is 5.92 Å². The Morgan fingerprint density at radius 2 is 2.05 bits per heavy atom.